The SMILES string of the molecule is O=C1CCC2=C1C(c1ccc(Br)cc1)Nc1ccc3ccccc3c12. The van der Waals surface area contributed by atoms with Crippen LogP contribution in [0.3, 0.4) is 0 Å². The number of fused-ring (bicyclic) bond motifs is 4. The third kappa shape index (κ3) is 2.26. The lowest BCUT2D eigenvalue weighted by Gasteiger charge is -2.30. The summed E-state index contributed by atoms with van der Waals surface area (Å²) in [5.74, 6) is 0.272. The van der Waals surface area contributed by atoms with Crippen LogP contribution in [0.1, 0.15) is 30.0 Å². The van der Waals surface area contributed by atoms with E-state index in [0.717, 1.165) is 27.7 Å². The molecule has 122 valence electrons. The molecule has 0 amide bonds. The maximum atomic E-state index is 12.7. The number of rotatable bonds is 1. The minimum Gasteiger partial charge on any atom is -0.373 e. The first-order valence-electron chi connectivity index (χ1n) is 8.53. The normalized spacial score (nSPS) is 18.9. The van der Waals surface area contributed by atoms with E-state index in [0.29, 0.717) is 6.42 Å². The van der Waals surface area contributed by atoms with Crippen LogP contribution in [0, 0.1) is 0 Å². The van der Waals surface area contributed by atoms with E-state index in [9.17, 15) is 4.79 Å². The molecule has 2 nitrogen and oxygen atoms in total. The summed E-state index contributed by atoms with van der Waals surface area (Å²) >= 11 is 3.49. The van der Waals surface area contributed by atoms with Gasteiger partial charge < -0.3 is 5.32 Å². The van der Waals surface area contributed by atoms with E-state index in [-0.39, 0.29) is 11.8 Å². The van der Waals surface area contributed by atoms with Crippen LogP contribution in [0.2, 0.25) is 0 Å². The van der Waals surface area contributed by atoms with Gasteiger partial charge in [-0.1, -0.05) is 58.4 Å². The molecule has 25 heavy (non-hydrogen) atoms. The van der Waals surface area contributed by atoms with Gasteiger partial charge in [-0.2, -0.15) is 0 Å². The van der Waals surface area contributed by atoms with E-state index in [1.54, 1.807) is 0 Å². The lowest BCUT2D eigenvalue weighted by Crippen LogP contribution is -2.21. The van der Waals surface area contributed by atoms with Crippen molar-refractivity contribution in [3.05, 3.63) is 81.8 Å². The van der Waals surface area contributed by atoms with Crippen LogP contribution in [0.4, 0.5) is 5.69 Å². The molecule has 1 N–H and O–H groups in total. The van der Waals surface area contributed by atoms with Crippen molar-refractivity contribution in [3.63, 3.8) is 0 Å². The van der Waals surface area contributed by atoms with Crippen LogP contribution < -0.4 is 5.32 Å². The zero-order valence-corrected chi connectivity index (χ0v) is 15.1. The highest BCUT2D eigenvalue weighted by atomic mass is 79.9. The average Bonchev–Trinajstić information content (AvgIpc) is 3.03. The minimum atomic E-state index is -0.0632. The van der Waals surface area contributed by atoms with Gasteiger partial charge in [0.05, 0.1) is 6.04 Å². The van der Waals surface area contributed by atoms with Crippen LogP contribution in [0.25, 0.3) is 16.3 Å². The Morgan fingerprint density at radius 1 is 0.920 bits per heavy atom. The Hall–Kier alpha value is -2.39. The Bertz CT molecular complexity index is 1050. The number of carbonyl (C=O) groups is 1. The average molecular weight is 390 g/mol. The number of halogens is 1. The zero-order valence-electron chi connectivity index (χ0n) is 13.6. The number of benzene rings is 3. The number of nitrogens with one attached hydrogen (secondary N) is 1. The number of ketones is 1. The zero-order chi connectivity index (χ0) is 17.0. The molecule has 1 aliphatic heterocycles. The Morgan fingerprint density at radius 2 is 1.72 bits per heavy atom. The number of hydrogen-bond acceptors (Lipinski definition) is 2. The molecule has 0 radical (unpaired) electrons. The third-order valence-electron chi connectivity index (χ3n) is 5.25. The first kappa shape index (κ1) is 14.9. The van der Waals surface area contributed by atoms with Gasteiger partial charge in [-0.25, -0.2) is 0 Å². The van der Waals surface area contributed by atoms with E-state index in [1.807, 2.05) is 12.1 Å². The van der Waals surface area contributed by atoms with Gasteiger partial charge in [0.15, 0.2) is 5.78 Å². The number of allylic oxidation sites excluding steroid dienone is 1. The van der Waals surface area contributed by atoms with Gasteiger partial charge in [0.2, 0.25) is 0 Å². The lowest BCUT2D eigenvalue weighted by molar-refractivity contribution is -0.115. The van der Waals surface area contributed by atoms with Crippen molar-refractivity contribution >= 4 is 43.7 Å². The van der Waals surface area contributed by atoms with Gasteiger partial charge >= 0.3 is 0 Å². The van der Waals surface area contributed by atoms with Gasteiger partial charge in [-0.3, -0.25) is 4.79 Å². The number of anilines is 1. The molecule has 1 atom stereocenters. The molecule has 0 saturated carbocycles. The van der Waals surface area contributed by atoms with E-state index in [2.05, 4.69) is 69.8 Å². The topological polar surface area (TPSA) is 29.1 Å². The van der Waals surface area contributed by atoms with E-state index in [4.69, 9.17) is 0 Å². The summed E-state index contributed by atoms with van der Waals surface area (Å²) in [6.45, 7) is 0. The molecule has 3 aromatic rings. The van der Waals surface area contributed by atoms with Crippen LogP contribution in [-0.2, 0) is 4.79 Å². The maximum absolute atomic E-state index is 12.7. The lowest BCUT2D eigenvalue weighted by atomic mass is 9.85. The Labute approximate surface area is 154 Å². The summed E-state index contributed by atoms with van der Waals surface area (Å²) < 4.78 is 1.05. The second-order valence-electron chi connectivity index (χ2n) is 6.65. The fourth-order valence-corrected chi connectivity index (χ4v) is 4.39. The predicted octanol–water partition coefficient (Wildman–Crippen LogP) is 5.89. The summed E-state index contributed by atoms with van der Waals surface area (Å²) in [5, 5.41) is 6.08. The molecule has 5 rings (SSSR count). The summed E-state index contributed by atoms with van der Waals surface area (Å²) in [7, 11) is 0. The fourth-order valence-electron chi connectivity index (χ4n) is 4.12. The Morgan fingerprint density at radius 3 is 2.56 bits per heavy atom. The molecule has 3 heteroatoms. The Kier molecular flexibility index (Phi) is 3.32. The molecule has 2 aliphatic rings. The molecule has 3 aromatic carbocycles. The summed E-state index contributed by atoms with van der Waals surface area (Å²) in [5.41, 5.74) is 5.65. The van der Waals surface area contributed by atoms with Crippen molar-refractivity contribution in [2.24, 2.45) is 0 Å². The van der Waals surface area contributed by atoms with Crippen molar-refractivity contribution in [3.8, 4) is 0 Å². The monoisotopic (exact) mass is 389 g/mol. The molecule has 1 heterocycles. The largest absolute Gasteiger partial charge is 0.373 e. The maximum Gasteiger partial charge on any atom is 0.161 e. The molecular formula is C22H16BrNO. The minimum absolute atomic E-state index is 0.0632. The van der Waals surface area contributed by atoms with Gasteiger partial charge in [0, 0.05) is 27.7 Å². The highest BCUT2D eigenvalue weighted by Gasteiger charge is 2.36. The highest BCUT2D eigenvalue weighted by molar-refractivity contribution is 9.10. The molecular weight excluding hydrogens is 374 g/mol. The van der Waals surface area contributed by atoms with E-state index >= 15 is 0 Å². The fraction of sp³-hybridized carbons (Fsp3) is 0.136. The highest BCUT2D eigenvalue weighted by Crippen LogP contribution is 2.48. The van der Waals surface area contributed by atoms with Crippen molar-refractivity contribution in [2.45, 2.75) is 18.9 Å². The molecule has 0 aromatic heterocycles. The van der Waals surface area contributed by atoms with Gasteiger partial charge in [0.1, 0.15) is 0 Å². The van der Waals surface area contributed by atoms with Crippen LogP contribution in [0.5, 0.6) is 0 Å². The predicted molar refractivity (Wildman–Crippen MR) is 106 cm³/mol. The van der Waals surface area contributed by atoms with Crippen molar-refractivity contribution < 1.29 is 4.79 Å². The number of carbonyl (C=O) groups excluding carboxylic acids is 1. The van der Waals surface area contributed by atoms with Gasteiger partial charge in [0.25, 0.3) is 0 Å². The number of Topliss-reactive ketones (excluding diaryl/α,β-unsaturated/α-hetero) is 1. The van der Waals surface area contributed by atoms with Gasteiger partial charge in [-0.05, 0) is 46.5 Å². The number of hydrogen-bond donors (Lipinski definition) is 1. The summed E-state index contributed by atoms with van der Waals surface area (Å²) in [6, 6.07) is 20.9. The van der Waals surface area contributed by atoms with Crippen molar-refractivity contribution in [2.75, 3.05) is 5.32 Å². The standard InChI is InChI=1S/C22H16BrNO/c23-15-8-5-14(6-9-15)22-21-17(10-12-19(21)25)20-16-4-2-1-3-13(16)7-11-18(20)24-22/h1-9,11,22,24H,10,12H2. The molecule has 0 bridgehead atoms. The van der Waals surface area contributed by atoms with Crippen LogP contribution >= 0.6 is 15.9 Å². The molecule has 0 saturated heterocycles. The first-order chi connectivity index (χ1) is 12.2. The van der Waals surface area contributed by atoms with Crippen molar-refractivity contribution in [1.29, 1.82) is 0 Å². The first-order valence-corrected chi connectivity index (χ1v) is 9.32. The summed E-state index contributed by atoms with van der Waals surface area (Å²) in [4.78, 5) is 12.7. The van der Waals surface area contributed by atoms with E-state index in [1.165, 1.54) is 21.9 Å². The summed E-state index contributed by atoms with van der Waals surface area (Å²) in [6.07, 6.45) is 1.45. The molecule has 1 aliphatic carbocycles. The molecule has 0 fully saturated rings. The quantitative estimate of drug-likeness (QED) is 0.562. The molecule has 1 unspecified atom stereocenters. The van der Waals surface area contributed by atoms with Crippen LogP contribution in [0.15, 0.2) is 70.7 Å². The molecule has 0 spiro atoms. The van der Waals surface area contributed by atoms with Crippen molar-refractivity contribution in [1.82, 2.24) is 0 Å². The second kappa shape index (κ2) is 5.57. The van der Waals surface area contributed by atoms with E-state index < -0.39 is 0 Å². The van der Waals surface area contributed by atoms with Crippen LogP contribution in [-0.4, -0.2) is 5.78 Å². The Balaban J connectivity index is 1.76. The smallest absolute Gasteiger partial charge is 0.161 e. The second-order valence-corrected chi connectivity index (χ2v) is 7.57. The third-order valence-corrected chi connectivity index (χ3v) is 5.78. The van der Waals surface area contributed by atoms with Gasteiger partial charge in [-0.15, -0.1) is 0 Å².